The zero-order valence-electron chi connectivity index (χ0n) is 10.7. The molecule has 1 fully saturated rings. The highest BCUT2D eigenvalue weighted by atomic mass is 19.4. The second-order valence-electron chi connectivity index (χ2n) is 5.46. The third-order valence-electron chi connectivity index (χ3n) is 3.82. The van der Waals surface area contributed by atoms with Gasteiger partial charge in [-0.1, -0.05) is 6.42 Å². The molecule has 0 amide bonds. The molecule has 1 atom stereocenters. The van der Waals surface area contributed by atoms with E-state index in [4.69, 9.17) is 5.73 Å². The van der Waals surface area contributed by atoms with Gasteiger partial charge in [0.1, 0.15) is 0 Å². The minimum absolute atomic E-state index is 0.00694. The van der Waals surface area contributed by atoms with Gasteiger partial charge >= 0.3 is 6.18 Å². The number of piperidine rings is 1. The molecule has 0 aromatic carbocycles. The third-order valence-corrected chi connectivity index (χ3v) is 3.82. The van der Waals surface area contributed by atoms with Gasteiger partial charge in [0, 0.05) is 18.0 Å². The van der Waals surface area contributed by atoms with Crippen molar-refractivity contribution < 1.29 is 13.2 Å². The van der Waals surface area contributed by atoms with E-state index in [-0.39, 0.29) is 12.0 Å². The molecule has 1 saturated heterocycles. The summed E-state index contributed by atoms with van der Waals surface area (Å²) in [6.45, 7) is 5.82. The maximum absolute atomic E-state index is 12.2. The molecular weight excluding hydrogens is 229 g/mol. The monoisotopic (exact) mass is 252 g/mol. The minimum atomic E-state index is -4.10. The smallest absolute Gasteiger partial charge is 0.326 e. The molecule has 17 heavy (non-hydrogen) atoms. The molecule has 0 aromatic rings. The van der Waals surface area contributed by atoms with Crippen molar-refractivity contribution in [3.63, 3.8) is 0 Å². The Morgan fingerprint density at radius 2 is 1.65 bits per heavy atom. The average molecular weight is 252 g/mol. The van der Waals surface area contributed by atoms with Crippen LogP contribution in [0.2, 0.25) is 0 Å². The molecule has 0 bridgehead atoms. The first-order valence-electron chi connectivity index (χ1n) is 6.31. The lowest BCUT2D eigenvalue weighted by atomic mass is 9.88. The first-order chi connectivity index (χ1) is 7.73. The van der Waals surface area contributed by atoms with Gasteiger partial charge in [-0.15, -0.1) is 0 Å². The summed E-state index contributed by atoms with van der Waals surface area (Å²) in [5.41, 5.74) is 5.61. The molecule has 1 rings (SSSR count). The summed E-state index contributed by atoms with van der Waals surface area (Å²) in [5.74, 6) is 0. The van der Waals surface area contributed by atoms with Gasteiger partial charge in [-0.2, -0.15) is 13.2 Å². The third kappa shape index (κ3) is 4.47. The first-order valence-corrected chi connectivity index (χ1v) is 6.31. The number of rotatable bonds is 4. The highest BCUT2D eigenvalue weighted by Gasteiger charge is 2.36. The Balaban J connectivity index is 2.49. The molecule has 1 aliphatic rings. The van der Waals surface area contributed by atoms with E-state index in [9.17, 15) is 13.2 Å². The van der Waals surface area contributed by atoms with E-state index in [1.165, 1.54) is 6.42 Å². The van der Waals surface area contributed by atoms with Crippen molar-refractivity contribution in [3.05, 3.63) is 0 Å². The largest absolute Gasteiger partial charge is 0.389 e. The van der Waals surface area contributed by atoms with Crippen LogP contribution in [0.15, 0.2) is 0 Å². The standard InChI is InChI=1S/C12H23F3N2/c1-11(2,17-8-4-3-5-9-17)10(16)6-7-12(13,14)15/h10H,3-9,16H2,1-2H3. The van der Waals surface area contributed by atoms with E-state index < -0.39 is 18.6 Å². The van der Waals surface area contributed by atoms with Crippen molar-refractivity contribution in [3.8, 4) is 0 Å². The molecule has 2 N–H and O–H groups in total. The fourth-order valence-electron chi connectivity index (χ4n) is 2.38. The molecule has 2 nitrogen and oxygen atoms in total. The summed E-state index contributed by atoms with van der Waals surface area (Å²) in [7, 11) is 0. The van der Waals surface area contributed by atoms with Gasteiger partial charge < -0.3 is 5.73 Å². The van der Waals surface area contributed by atoms with E-state index >= 15 is 0 Å². The summed E-state index contributed by atoms with van der Waals surface area (Å²) < 4.78 is 36.5. The molecule has 1 unspecified atom stereocenters. The zero-order valence-corrected chi connectivity index (χ0v) is 10.7. The van der Waals surface area contributed by atoms with E-state index in [1.807, 2.05) is 13.8 Å². The van der Waals surface area contributed by atoms with Gasteiger partial charge in [-0.3, -0.25) is 4.90 Å². The van der Waals surface area contributed by atoms with Gasteiger partial charge in [0.25, 0.3) is 0 Å². The molecule has 0 aromatic heterocycles. The molecule has 1 aliphatic heterocycles. The summed E-state index contributed by atoms with van der Waals surface area (Å²) in [5, 5.41) is 0. The van der Waals surface area contributed by atoms with Crippen LogP contribution in [0.25, 0.3) is 0 Å². The lowest BCUT2D eigenvalue weighted by Gasteiger charge is -2.44. The average Bonchev–Trinajstić information content (AvgIpc) is 2.26. The number of nitrogens with two attached hydrogens (primary N) is 1. The van der Waals surface area contributed by atoms with Crippen LogP contribution in [0.4, 0.5) is 13.2 Å². The van der Waals surface area contributed by atoms with Crippen molar-refractivity contribution in [2.24, 2.45) is 5.73 Å². The van der Waals surface area contributed by atoms with E-state index in [0.717, 1.165) is 25.9 Å². The Morgan fingerprint density at radius 3 is 2.12 bits per heavy atom. The summed E-state index contributed by atoms with van der Waals surface area (Å²) in [6, 6.07) is -0.428. The van der Waals surface area contributed by atoms with Gasteiger partial charge in [0.15, 0.2) is 0 Å². The second kappa shape index (κ2) is 5.57. The topological polar surface area (TPSA) is 29.3 Å². The summed E-state index contributed by atoms with van der Waals surface area (Å²) >= 11 is 0. The molecule has 0 radical (unpaired) electrons. The van der Waals surface area contributed by atoms with Gasteiger partial charge in [0.2, 0.25) is 0 Å². The number of nitrogens with zero attached hydrogens (tertiary/aromatic N) is 1. The SMILES string of the molecule is CC(C)(C(N)CCC(F)(F)F)N1CCCCC1. The van der Waals surface area contributed by atoms with Gasteiger partial charge in [-0.05, 0) is 46.2 Å². The predicted molar refractivity (Wildman–Crippen MR) is 62.8 cm³/mol. The Labute approximate surface area is 101 Å². The fourth-order valence-corrected chi connectivity index (χ4v) is 2.38. The van der Waals surface area contributed by atoms with Crippen LogP contribution >= 0.6 is 0 Å². The Hall–Kier alpha value is -0.290. The van der Waals surface area contributed by atoms with E-state index in [1.54, 1.807) is 0 Å². The van der Waals surface area contributed by atoms with Crippen molar-refractivity contribution >= 4 is 0 Å². The van der Waals surface area contributed by atoms with Crippen LogP contribution in [0.5, 0.6) is 0 Å². The predicted octanol–water partition coefficient (Wildman–Crippen LogP) is 2.92. The van der Waals surface area contributed by atoms with Crippen LogP contribution in [0.1, 0.15) is 46.0 Å². The van der Waals surface area contributed by atoms with E-state index in [2.05, 4.69) is 4.90 Å². The lowest BCUT2D eigenvalue weighted by Crippen LogP contribution is -2.57. The number of hydrogen-bond donors (Lipinski definition) is 1. The van der Waals surface area contributed by atoms with Crippen LogP contribution in [0, 0.1) is 0 Å². The summed E-state index contributed by atoms with van der Waals surface area (Å²) in [4.78, 5) is 2.23. The highest BCUT2D eigenvalue weighted by molar-refractivity contribution is 4.92. The van der Waals surface area contributed by atoms with Crippen molar-refractivity contribution in [1.82, 2.24) is 4.90 Å². The number of likely N-dealkylation sites (tertiary alicyclic amines) is 1. The number of hydrogen-bond acceptors (Lipinski definition) is 2. The van der Waals surface area contributed by atoms with Crippen molar-refractivity contribution in [2.75, 3.05) is 13.1 Å². The normalized spacial score (nSPS) is 21.5. The van der Waals surface area contributed by atoms with Crippen molar-refractivity contribution in [2.45, 2.75) is 63.7 Å². The molecule has 102 valence electrons. The number of alkyl halides is 3. The van der Waals surface area contributed by atoms with Crippen LogP contribution in [-0.4, -0.2) is 35.7 Å². The van der Waals surface area contributed by atoms with E-state index in [0.29, 0.717) is 0 Å². The molecular formula is C12H23F3N2. The van der Waals surface area contributed by atoms with Gasteiger partial charge in [0.05, 0.1) is 0 Å². The quantitative estimate of drug-likeness (QED) is 0.833. The Morgan fingerprint density at radius 1 is 1.12 bits per heavy atom. The Bertz CT molecular complexity index is 232. The van der Waals surface area contributed by atoms with Crippen LogP contribution in [-0.2, 0) is 0 Å². The number of halogens is 3. The second-order valence-corrected chi connectivity index (χ2v) is 5.46. The molecule has 1 heterocycles. The minimum Gasteiger partial charge on any atom is -0.326 e. The molecule has 0 aliphatic carbocycles. The molecule has 5 heteroatoms. The lowest BCUT2D eigenvalue weighted by molar-refractivity contribution is -0.137. The maximum atomic E-state index is 12.2. The van der Waals surface area contributed by atoms with Crippen molar-refractivity contribution in [1.29, 1.82) is 0 Å². The van der Waals surface area contributed by atoms with Crippen LogP contribution < -0.4 is 5.73 Å². The maximum Gasteiger partial charge on any atom is 0.389 e. The first kappa shape index (κ1) is 14.8. The van der Waals surface area contributed by atoms with Gasteiger partial charge in [-0.25, -0.2) is 0 Å². The fraction of sp³-hybridized carbons (Fsp3) is 1.00. The summed E-state index contributed by atoms with van der Waals surface area (Å²) in [6.07, 6.45) is -1.43. The molecule has 0 spiro atoms. The van der Waals surface area contributed by atoms with Crippen LogP contribution in [0.3, 0.4) is 0 Å². The molecule has 0 saturated carbocycles. The Kier molecular flexibility index (Phi) is 4.84. The zero-order chi connectivity index (χ0) is 13.1. The highest BCUT2D eigenvalue weighted by Crippen LogP contribution is 2.28.